The number of para-hydroxylation sites is 1. The first kappa shape index (κ1) is 14.6. The third-order valence-electron chi connectivity index (χ3n) is 4.07. The number of benzene rings is 1. The molecule has 0 saturated heterocycles. The summed E-state index contributed by atoms with van der Waals surface area (Å²) in [5.74, 6) is 0.257. The Labute approximate surface area is 121 Å². The van der Waals surface area contributed by atoms with Gasteiger partial charge in [0.2, 0.25) is 5.91 Å². The van der Waals surface area contributed by atoms with Gasteiger partial charge in [-0.2, -0.15) is 0 Å². The van der Waals surface area contributed by atoms with Crippen molar-refractivity contribution in [1.82, 2.24) is 9.88 Å². The van der Waals surface area contributed by atoms with E-state index >= 15 is 0 Å². The number of aryl methyl sites for hydroxylation is 1. The summed E-state index contributed by atoms with van der Waals surface area (Å²) in [5.41, 5.74) is 2.37. The number of rotatable bonds is 6. The largest absolute Gasteiger partial charge is 0.361 e. The van der Waals surface area contributed by atoms with Crippen LogP contribution in [0.15, 0.2) is 30.5 Å². The van der Waals surface area contributed by atoms with E-state index < -0.39 is 0 Å². The van der Waals surface area contributed by atoms with Crippen LogP contribution in [0.1, 0.15) is 39.2 Å². The average molecular weight is 272 g/mol. The lowest BCUT2D eigenvalue weighted by Crippen LogP contribution is -2.38. The minimum atomic E-state index is 0.257. The number of fused-ring (bicyclic) bond motifs is 1. The molecule has 0 bridgehead atoms. The van der Waals surface area contributed by atoms with Crippen molar-refractivity contribution in [1.29, 1.82) is 0 Å². The van der Waals surface area contributed by atoms with Crippen LogP contribution in [0.3, 0.4) is 0 Å². The highest BCUT2D eigenvalue weighted by atomic mass is 16.2. The van der Waals surface area contributed by atoms with Crippen molar-refractivity contribution < 1.29 is 4.79 Å². The molecule has 0 aliphatic carbocycles. The van der Waals surface area contributed by atoms with Gasteiger partial charge in [-0.05, 0) is 38.3 Å². The van der Waals surface area contributed by atoms with E-state index in [2.05, 4.69) is 37.9 Å². The molecule has 1 heterocycles. The SMILES string of the molecule is CCC(C)N(CC)C(=O)CCc1c[nH]c2ccccc12. The van der Waals surface area contributed by atoms with Gasteiger partial charge in [-0.1, -0.05) is 25.1 Å². The van der Waals surface area contributed by atoms with Crippen molar-refractivity contribution in [2.24, 2.45) is 0 Å². The zero-order chi connectivity index (χ0) is 14.5. The molecule has 0 radical (unpaired) electrons. The number of aromatic amines is 1. The maximum Gasteiger partial charge on any atom is 0.223 e. The monoisotopic (exact) mass is 272 g/mol. The van der Waals surface area contributed by atoms with Crippen LogP contribution in [0.2, 0.25) is 0 Å². The van der Waals surface area contributed by atoms with Crippen LogP contribution in [-0.2, 0) is 11.2 Å². The number of carbonyl (C=O) groups excluding carboxylic acids is 1. The quantitative estimate of drug-likeness (QED) is 0.854. The highest BCUT2D eigenvalue weighted by Crippen LogP contribution is 2.19. The second-order valence-electron chi connectivity index (χ2n) is 5.30. The molecular formula is C17H24N2O. The smallest absolute Gasteiger partial charge is 0.223 e. The average Bonchev–Trinajstić information content (AvgIpc) is 2.89. The summed E-state index contributed by atoms with van der Waals surface area (Å²) in [6.07, 6.45) is 4.42. The molecule has 1 atom stereocenters. The van der Waals surface area contributed by atoms with Gasteiger partial charge in [0.25, 0.3) is 0 Å². The summed E-state index contributed by atoms with van der Waals surface area (Å²) in [6, 6.07) is 8.57. The van der Waals surface area contributed by atoms with Crippen molar-refractivity contribution >= 4 is 16.8 Å². The molecule has 20 heavy (non-hydrogen) atoms. The molecule has 1 amide bonds. The zero-order valence-corrected chi connectivity index (χ0v) is 12.6. The molecule has 0 fully saturated rings. The van der Waals surface area contributed by atoms with E-state index in [4.69, 9.17) is 0 Å². The Kier molecular flexibility index (Phi) is 4.83. The Morgan fingerprint density at radius 2 is 2.05 bits per heavy atom. The summed E-state index contributed by atoms with van der Waals surface area (Å²) in [4.78, 5) is 17.6. The van der Waals surface area contributed by atoms with Gasteiger partial charge in [-0.15, -0.1) is 0 Å². The van der Waals surface area contributed by atoms with Crippen LogP contribution in [0, 0.1) is 0 Å². The van der Waals surface area contributed by atoms with Crippen LogP contribution in [-0.4, -0.2) is 28.4 Å². The molecular weight excluding hydrogens is 248 g/mol. The second-order valence-corrected chi connectivity index (χ2v) is 5.30. The molecule has 3 heteroatoms. The van der Waals surface area contributed by atoms with E-state index in [1.54, 1.807) is 0 Å². The first-order valence-corrected chi connectivity index (χ1v) is 7.51. The molecule has 3 nitrogen and oxygen atoms in total. The number of hydrogen-bond donors (Lipinski definition) is 1. The Bertz CT molecular complexity index is 573. The van der Waals surface area contributed by atoms with Gasteiger partial charge in [0.1, 0.15) is 0 Å². The zero-order valence-electron chi connectivity index (χ0n) is 12.6. The lowest BCUT2D eigenvalue weighted by Gasteiger charge is -2.27. The van der Waals surface area contributed by atoms with Gasteiger partial charge in [-0.3, -0.25) is 4.79 Å². The minimum absolute atomic E-state index is 0.257. The van der Waals surface area contributed by atoms with Crippen molar-refractivity contribution in [3.05, 3.63) is 36.0 Å². The highest BCUT2D eigenvalue weighted by molar-refractivity contribution is 5.84. The number of carbonyl (C=O) groups is 1. The molecule has 1 aromatic heterocycles. The Morgan fingerprint density at radius 1 is 1.30 bits per heavy atom. The molecule has 108 valence electrons. The van der Waals surface area contributed by atoms with Crippen LogP contribution in [0.4, 0.5) is 0 Å². The van der Waals surface area contributed by atoms with Gasteiger partial charge in [0.15, 0.2) is 0 Å². The Morgan fingerprint density at radius 3 is 2.75 bits per heavy atom. The Balaban J connectivity index is 2.03. The lowest BCUT2D eigenvalue weighted by atomic mass is 10.1. The third kappa shape index (κ3) is 3.03. The summed E-state index contributed by atoms with van der Waals surface area (Å²) in [7, 11) is 0. The topological polar surface area (TPSA) is 36.1 Å². The van der Waals surface area contributed by atoms with E-state index in [9.17, 15) is 4.79 Å². The molecule has 1 N–H and O–H groups in total. The van der Waals surface area contributed by atoms with Crippen LogP contribution < -0.4 is 0 Å². The van der Waals surface area contributed by atoms with E-state index in [-0.39, 0.29) is 5.91 Å². The van der Waals surface area contributed by atoms with E-state index in [0.29, 0.717) is 12.5 Å². The number of hydrogen-bond acceptors (Lipinski definition) is 1. The maximum absolute atomic E-state index is 12.3. The fourth-order valence-corrected chi connectivity index (χ4v) is 2.68. The molecule has 1 aromatic carbocycles. The maximum atomic E-state index is 12.3. The summed E-state index contributed by atoms with van der Waals surface area (Å²) >= 11 is 0. The molecule has 2 aromatic rings. The fraction of sp³-hybridized carbons (Fsp3) is 0.471. The van der Waals surface area contributed by atoms with E-state index in [1.165, 1.54) is 10.9 Å². The number of nitrogens with zero attached hydrogens (tertiary/aromatic N) is 1. The van der Waals surface area contributed by atoms with E-state index in [1.807, 2.05) is 23.2 Å². The molecule has 2 rings (SSSR count). The van der Waals surface area contributed by atoms with Gasteiger partial charge >= 0.3 is 0 Å². The first-order chi connectivity index (χ1) is 9.67. The van der Waals surface area contributed by atoms with Crippen molar-refractivity contribution in [2.45, 2.75) is 46.1 Å². The number of aromatic nitrogens is 1. The normalized spacial score (nSPS) is 12.6. The summed E-state index contributed by atoms with van der Waals surface area (Å²) in [6.45, 7) is 7.09. The van der Waals surface area contributed by atoms with Gasteiger partial charge in [0, 0.05) is 36.1 Å². The highest BCUT2D eigenvalue weighted by Gasteiger charge is 2.17. The van der Waals surface area contributed by atoms with Crippen LogP contribution in [0.5, 0.6) is 0 Å². The fourth-order valence-electron chi connectivity index (χ4n) is 2.68. The van der Waals surface area contributed by atoms with Crippen molar-refractivity contribution in [2.75, 3.05) is 6.54 Å². The Hall–Kier alpha value is -1.77. The van der Waals surface area contributed by atoms with E-state index in [0.717, 1.165) is 24.9 Å². The standard InChI is InChI=1S/C17H24N2O/c1-4-13(3)19(5-2)17(20)11-10-14-12-18-16-9-7-6-8-15(14)16/h6-9,12-13,18H,4-5,10-11H2,1-3H3. The number of nitrogens with one attached hydrogen (secondary N) is 1. The van der Waals surface area contributed by atoms with Crippen molar-refractivity contribution in [3.8, 4) is 0 Å². The third-order valence-corrected chi connectivity index (χ3v) is 4.07. The summed E-state index contributed by atoms with van der Waals surface area (Å²) < 4.78 is 0. The summed E-state index contributed by atoms with van der Waals surface area (Å²) in [5, 5.41) is 1.23. The van der Waals surface area contributed by atoms with Gasteiger partial charge in [0.05, 0.1) is 0 Å². The molecule has 0 aliphatic rings. The second kappa shape index (κ2) is 6.60. The predicted octanol–water partition coefficient (Wildman–Crippen LogP) is 3.75. The first-order valence-electron chi connectivity index (χ1n) is 7.51. The number of H-pyrrole nitrogens is 1. The molecule has 0 spiro atoms. The van der Waals surface area contributed by atoms with Gasteiger partial charge < -0.3 is 9.88 Å². The molecule has 0 saturated carbocycles. The van der Waals surface area contributed by atoms with Crippen LogP contribution in [0.25, 0.3) is 10.9 Å². The lowest BCUT2D eigenvalue weighted by molar-refractivity contribution is -0.133. The number of amides is 1. The van der Waals surface area contributed by atoms with Crippen molar-refractivity contribution in [3.63, 3.8) is 0 Å². The molecule has 0 aliphatic heterocycles. The van der Waals surface area contributed by atoms with Gasteiger partial charge in [-0.25, -0.2) is 0 Å². The predicted molar refractivity (Wildman–Crippen MR) is 83.8 cm³/mol. The minimum Gasteiger partial charge on any atom is -0.361 e. The van der Waals surface area contributed by atoms with Crippen LogP contribution >= 0.6 is 0 Å². The molecule has 1 unspecified atom stereocenters.